The van der Waals surface area contributed by atoms with Crippen LogP contribution in [0.2, 0.25) is 0 Å². The number of fused-ring (bicyclic) bond motifs is 1. The summed E-state index contributed by atoms with van der Waals surface area (Å²) in [4.78, 5) is 2.41. The third-order valence-corrected chi connectivity index (χ3v) is 4.20. The number of hydrogen-bond acceptors (Lipinski definition) is 3. The predicted octanol–water partition coefficient (Wildman–Crippen LogP) is 3.88. The molecule has 2 atom stereocenters. The average Bonchev–Trinajstić information content (AvgIpc) is 2.46. The Hall–Kier alpha value is -1.22. The van der Waals surface area contributed by atoms with Gasteiger partial charge in [-0.15, -0.1) is 0 Å². The molecule has 0 heterocycles. The molecule has 114 valence electrons. The van der Waals surface area contributed by atoms with Gasteiger partial charge in [-0.3, -0.25) is 0 Å². The van der Waals surface area contributed by atoms with Crippen LogP contribution in [0, 0.1) is 0 Å². The smallest absolute Gasteiger partial charge is 0.160 e. The maximum atomic E-state index is 9.93. The Kier molecular flexibility index (Phi) is 6.34. The first-order valence-electron chi connectivity index (χ1n) is 7.80. The third kappa shape index (κ3) is 3.26. The van der Waals surface area contributed by atoms with Crippen molar-refractivity contribution in [3.05, 3.63) is 23.3 Å². The van der Waals surface area contributed by atoms with Crippen molar-refractivity contribution in [2.75, 3.05) is 13.6 Å². The first-order chi connectivity index (χ1) is 9.56. The van der Waals surface area contributed by atoms with E-state index in [4.69, 9.17) is 0 Å². The lowest BCUT2D eigenvalue weighted by Gasteiger charge is -2.37. The van der Waals surface area contributed by atoms with Crippen LogP contribution in [0.3, 0.4) is 0 Å². The number of likely N-dealkylation sites (N-methyl/N-ethyl adjacent to an activating group) is 1. The maximum Gasteiger partial charge on any atom is 0.160 e. The first kappa shape index (κ1) is 16.8. The molecule has 20 heavy (non-hydrogen) atoms. The van der Waals surface area contributed by atoms with Crippen LogP contribution in [0.5, 0.6) is 11.5 Å². The summed E-state index contributed by atoms with van der Waals surface area (Å²) in [5, 5.41) is 19.5. The van der Waals surface area contributed by atoms with Crippen molar-refractivity contribution in [2.45, 2.75) is 58.9 Å². The van der Waals surface area contributed by atoms with Gasteiger partial charge in [-0.1, -0.05) is 33.8 Å². The topological polar surface area (TPSA) is 43.7 Å². The Bertz CT molecular complexity index is 431. The molecule has 3 nitrogen and oxygen atoms in total. The molecule has 1 aromatic carbocycles. The van der Waals surface area contributed by atoms with E-state index < -0.39 is 0 Å². The molecule has 2 rings (SSSR count). The van der Waals surface area contributed by atoms with E-state index in [1.807, 2.05) is 19.9 Å². The SMILES string of the molecule is CC.CCCN(C)[C@H]1CCc2c(ccc(O)c2O)C1C. The van der Waals surface area contributed by atoms with Crippen LogP contribution < -0.4 is 0 Å². The van der Waals surface area contributed by atoms with Crippen LogP contribution in [0.25, 0.3) is 0 Å². The first-order valence-corrected chi connectivity index (χ1v) is 7.80. The van der Waals surface area contributed by atoms with E-state index in [0.29, 0.717) is 12.0 Å². The summed E-state index contributed by atoms with van der Waals surface area (Å²) in [7, 11) is 2.18. The molecule has 2 N–H and O–H groups in total. The van der Waals surface area contributed by atoms with Crippen LogP contribution in [-0.2, 0) is 6.42 Å². The van der Waals surface area contributed by atoms with Gasteiger partial charge in [0, 0.05) is 11.6 Å². The summed E-state index contributed by atoms with van der Waals surface area (Å²) < 4.78 is 0. The Labute approximate surface area is 123 Å². The van der Waals surface area contributed by atoms with Gasteiger partial charge < -0.3 is 15.1 Å². The van der Waals surface area contributed by atoms with Crippen molar-refractivity contribution < 1.29 is 10.2 Å². The number of phenolic OH excluding ortho intramolecular Hbond substituents is 2. The monoisotopic (exact) mass is 279 g/mol. The van der Waals surface area contributed by atoms with Gasteiger partial charge >= 0.3 is 0 Å². The molecule has 0 bridgehead atoms. The second-order valence-corrected chi connectivity index (χ2v) is 5.38. The maximum absolute atomic E-state index is 9.93. The number of nitrogens with zero attached hydrogens (tertiary/aromatic N) is 1. The Morgan fingerprint density at radius 1 is 1.25 bits per heavy atom. The molecular weight excluding hydrogens is 250 g/mol. The Morgan fingerprint density at radius 2 is 1.90 bits per heavy atom. The van der Waals surface area contributed by atoms with E-state index in [1.165, 1.54) is 5.56 Å². The van der Waals surface area contributed by atoms with Gasteiger partial charge in [0.1, 0.15) is 0 Å². The summed E-state index contributed by atoms with van der Waals surface area (Å²) >= 11 is 0. The zero-order valence-electron chi connectivity index (χ0n) is 13.5. The third-order valence-electron chi connectivity index (χ3n) is 4.20. The van der Waals surface area contributed by atoms with Gasteiger partial charge in [-0.05, 0) is 50.4 Å². The van der Waals surface area contributed by atoms with E-state index >= 15 is 0 Å². The van der Waals surface area contributed by atoms with E-state index in [2.05, 4.69) is 25.8 Å². The van der Waals surface area contributed by atoms with Crippen molar-refractivity contribution >= 4 is 0 Å². The number of phenols is 2. The molecule has 0 aromatic heterocycles. The highest BCUT2D eigenvalue weighted by Crippen LogP contribution is 2.41. The quantitative estimate of drug-likeness (QED) is 0.825. The molecule has 0 saturated carbocycles. The van der Waals surface area contributed by atoms with E-state index in [0.717, 1.165) is 31.4 Å². The number of aromatic hydroxyl groups is 2. The summed E-state index contributed by atoms with van der Waals surface area (Å²) in [6.45, 7) is 9.52. The lowest BCUT2D eigenvalue weighted by molar-refractivity contribution is 0.195. The largest absolute Gasteiger partial charge is 0.504 e. The minimum atomic E-state index is 0.00122. The van der Waals surface area contributed by atoms with Crippen molar-refractivity contribution in [1.82, 2.24) is 4.90 Å². The van der Waals surface area contributed by atoms with Crippen LogP contribution >= 0.6 is 0 Å². The molecule has 0 fully saturated rings. The molecule has 0 amide bonds. The van der Waals surface area contributed by atoms with Gasteiger partial charge in [-0.25, -0.2) is 0 Å². The average molecular weight is 279 g/mol. The number of benzene rings is 1. The fraction of sp³-hybridized carbons (Fsp3) is 0.647. The highest BCUT2D eigenvalue weighted by Gasteiger charge is 2.30. The van der Waals surface area contributed by atoms with Gasteiger partial charge in [0.2, 0.25) is 0 Å². The van der Waals surface area contributed by atoms with Gasteiger partial charge in [0.15, 0.2) is 11.5 Å². The van der Waals surface area contributed by atoms with Gasteiger partial charge in [-0.2, -0.15) is 0 Å². The van der Waals surface area contributed by atoms with Crippen molar-refractivity contribution in [3.8, 4) is 11.5 Å². The van der Waals surface area contributed by atoms with E-state index in [-0.39, 0.29) is 11.5 Å². The summed E-state index contributed by atoms with van der Waals surface area (Å²) in [6, 6.07) is 4.09. The molecule has 1 unspecified atom stereocenters. The molecule has 3 heteroatoms. The van der Waals surface area contributed by atoms with Gasteiger partial charge in [0.25, 0.3) is 0 Å². The fourth-order valence-corrected chi connectivity index (χ4v) is 3.20. The highest BCUT2D eigenvalue weighted by molar-refractivity contribution is 5.51. The lowest BCUT2D eigenvalue weighted by atomic mass is 9.79. The van der Waals surface area contributed by atoms with E-state index in [1.54, 1.807) is 6.07 Å². The van der Waals surface area contributed by atoms with Crippen LogP contribution in [0.1, 0.15) is 57.6 Å². The minimum Gasteiger partial charge on any atom is -0.504 e. The zero-order chi connectivity index (χ0) is 15.3. The second-order valence-electron chi connectivity index (χ2n) is 5.38. The summed E-state index contributed by atoms with van der Waals surface area (Å²) in [5.74, 6) is 0.481. The molecule has 1 aliphatic carbocycles. The van der Waals surface area contributed by atoms with Crippen LogP contribution in [0.4, 0.5) is 0 Å². The molecule has 0 saturated heterocycles. The van der Waals surface area contributed by atoms with Crippen LogP contribution in [-0.4, -0.2) is 34.7 Å². The summed E-state index contributed by atoms with van der Waals surface area (Å²) in [6.07, 6.45) is 3.05. The zero-order valence-corrected chi connectivity index (χ0v) is 13.5. The van der Waals surface area contributed by atoms with Gasteiger partial charge in [0.05, 0.1) is 0 Å². The Balaban J connectivity index is 0.000000956. The van der Waals surface area contributed by atoms with E-state index in [9.17, 15) is 10.2 Å². The van der Waals surface area contributed by atoms with Crippen molar-refractivity contribution in [1.29, 1.82) is 0 Å². The lowest BCUT2D eigenvalue weighted by Crippen LogP contribution is -2.39. The highest BCUT2D eigenvalue weighted by atomic mass is 16.3. The number of rotatable bonds is 3. The minimum absolute atomic E-state index is 0.00122. The molecule has 1 aromatic rings. The number of hydrogen-bond donors (Lipinski definition) is 2. The fourth-order valence-electron chi connectivity index (χ4n) is 3.20. The molecule has 0 spiro atoms. The normalized spacial score (nSPS) is 21.1. The second kappa shape index (κ2) is 7.53. The van der Waals surface area contributed by atoms with Crippen molar-refractivity contribution in [2.24, 2.45) is 0 Å². The predicted molar refractivity (Wildman–Crippen MR) is 84.6 cm³/mol. The Morgan fingerprint density at radius 3 is 2.50 bits per heavy atom. The molecule has 0 aliphatic heterocycles. The molecule has 1 aliphatic rings. The summed E-state index contributed by atoms with van der Waals surface area (Å²) in [5.41, 5.74) is 2.12. The molecular formula is C17H29NO2. The standard InChI is InChI=1S/C15H23NO2.C2H6/c1-4-9-16(3)13-7-5-12-11(10(13)2)6-8-14(17)15(12)18;1-2/h6,8,10,13,17-18H,4-5,7,9H2,1-3H3;1-2H3/t10?,13-;/m0./s1. The van der Waals surface area contributed by atoms with Crippen LogP contribution in [0.15, 0.2) is 12.1 Å². The molecule has 0 radical (unpaired) electrons. The van der Waals surface area contributed by atoms with Crippen molar-refractivity contribution in [3.63, 3.8) is 0 Å².